The molecule has 0 aromatic heterocycles. The highest BCUT2D eigenvalue weighted by molar-refractivity contribution is 6.38. The van der Waals surface area contributed by atoms with Crippen LogP contribution >= 0.6 is 0 Å². The van der Waals surface area contributed by atoms with E-state index in [-0.39, 0.29) is 19.4 Å². The maximum atomic E-state index is 13.9. The van der Waals surface area contributed by atoms with Gasteiger partial charge in [0.25, 0.3) is 5.91 Å². The van der Waals surface area contributed by atoms with Crippen LogP contribution in [0.4, 0.5) is 4.79 Å². The number of fused-ring (bicyclic) bond motifs is 1. The van der Waals surface area contributed by atoms with Gasteiger partial charge in [0.05, 0.1) is 18.6 Å². The van der Waals surface area contributed by atoms with Crippen LogP contribution in [0.5, 0.6) is 0 Å². The zero-order valence-electron chi connectivity index (χ0n) is 28.5. The smallest absolute Gasteiger partial charge is 0.410 e. The van der Waals surface area contributed by atoms with Gasteiger partial charge in [-0.3, -0.25) is 24.0 Å². The molecule has 2 aliphatic heterocycles. The van der Waals surface area contributed by atoms with Crippen LogP contribution in [0, 0.1) is 5.92 Å². The van der Waals surface area contributed by atoms with Gasteiger partial charge in [0.15, 0.2) is 0 Å². The van der Waals surface area contributed by atoms with Crippen molar-refractivity contribution in [2.24, 2.45) is 5.92 Å². The summed E-state index contributed by atoms with van der Waals surface area (Å²) in [7, 11) is 0. The Labute approximate surface area is 286 Å². The number of Topliss-reactive ketones (excluding diaryl/α,β-unsaturated/α-hetero) is 1. The van der Waals surface area contributed by atoms with Gasteiger partial charge < -0.3 is 35.6 Å². The molecule has 1 fully saturated rings. The Morgan fingerprint density at radius 3 is 2.24 bits per heavy atom. The maximum Gasteiger partial charge on any atom is 0.410 e. The van der Waals surface area contributed by atoms with Crippen LogP contribution < -0.4 is 16.0 Å². The highest BCUT2D eigenvalue weighted by Gasteiger charge is 2.45. The minimum Gasteiger partial charge on any atom is -0.444 e. The molecule has 13 heteroatoms. The van der Waals surface area contributed by atoms with Gasteiger partial charge in [0.1, 0.15) is 24.8 Å². The molecule has 2 aromatic carbocycles. The highest BCUT2D eigenvalue weighted by atomic mass is 16.6. The van der Waals surface area contributed by atoms with Crippen molar-refractivity contribution in [1.29, 1.82) is 0 Å². The van der Waals surface area contributed by atoms with Crippen molar-refractivity contribution in [3.8, 4) is 0 Å². The first-order valence-corrected chi connectivity index (χ1v) is 16.9. The first-order chi connectivity index (χ1) is 23.4. The van der Waals surface area contributed by atoms with Crippen LogP contribution in [0.2, 0.25) is 0 Å². The van der Waals surface area contributed by atoms with Gasteiger partial charge in [-0.2, -0.15) is 0 Å². The lowest BCUT2D eigenvalue weighted by Crippen LogP contribution is -2.57. The largest absolute Gasteiger partial charge is 0.444 e. The second kappa shape index (κ2) is 17.0. The van der Waals surface area contributed by atoms with Crippen LogP contribution in [0.25, 0.3) is 0 Å². The van der Waals surface area contributed by atoms with E-state index in [2.05, 4.69) is 16.0 Å². The number of benzene rings is 2. The van der Waals surface area contributed by atoms with Crippen molar-refractivity contribution in [1.82, 2.24) is 25.8 Å². The van der Waals surface area contributed by atoms with Gasteiger partial charge in [-0.15, -0.1) is 0 Å². The van der Waals surface area contributed by atoms with E-state index in [0.29, 0.717) is 25.9 Å². The van der Waals surface area contributed by atoms with Crippen molar-refractivity contribution >= 4 is 35.5 Å². The molecule has 2 heterocycles. The Bertz CT molecular complexity index is 1520. The molecule has 1 saturated heterocycles. The molecule has 2 aromatic rings. The summed E-state index contributed by atoms with van der Waals surface area (Å²) in [6, 6.07) is 13.1. The number of rotatable bonds is 13. The molecule has 13 nitrogen and oxygen atoms in total. The molecule has 5 atom stereocenters. The second-order valence-corrected chi connectivity index (χ2v) is 13.0. The predicted molar refractivity (Wildman–Crippen MR) is 180 cm³/mol. The maximum absolute atomic E-state index is 13.9. The number of likely N-dealkylation sites (tertiary alicyclic amines) is 1. The van der Waals surface area contributed by atoms with Gasteiger partial charge in [-0.05, 0) is 42.4 Å². The molecule has 0 aliphatic carbocycles. The third-order valence-electron chi connectivity index (χ3n) is 8.98. The van der Waals surface area contributed by atoms with E-state index in [0.717, 1.165) is 16.7 Å². The number of ketones is 1. The average Bonchev–Trinajstić information content (AvgIpc) is 3.53. The number of aliphatic hydroxyl groups excluding tert-OH is 1. The molecule has 5 amide bonds. The molecular formula is C36H47N5O8. The van der Waals surface area contributed by atoms with Crippen molar-refractivity contribution in [2.45, 2.75) is 90.2 Å². The molecular weight excluding hydrogens is 630 g/mol. The van der Waals surface area contributed by atoms with Crippen LogP contribution in [0.3, 0.4) is 0 Å². The lowest BCUT2D eigenvalue weighted by Gasteiger charge is -2.31. The summed E-state index contributed by atoms with van der Waals surface area (Å²) < 4.78 is 5.85. The fourth-order valence-electron chi connectivity index (χ4n) is 6.23. The number of amides is 5. The Morgan fingerprint density at radius 2 is 1.59 bits per heavy atom. The van der Waals surface area contributed by atoms with Gasteiger partial charge in [0.2, 0.25) is 23.5 Å². The van der Waals surface area contributed by atoms with Gasteiger partial charge >= 0.3 is 6.09 Å². The topological polar surface area (TPSA) is 174 Å². The first-order valence-electron chi connectivity index (χ1n) is 16.9. The predicted octanol–water partition coefficient (Wildman–Crippen LogP) is 2.02. The molecule has 4 N–H and O–H groups in total. The van der Waals surface area contributed by atoms with Gasteiger partial charge in [-0.1, -0.05) is 81.8 Å². The number of carbonyl (C=O) groups is 6. The summed E-state index contributed by atoms with van der Waals surface area (Å²) in [6.07, 6.45) is -0.179. The average molecular weight is 678 g/mol. The highest BCUT2D eigenvalue weighted by Crippen LogP contribution is 2.26. The molecule has 0 saturated carbocycles. The lowest BCUT2D eigenvalue weighted by molar-refractivity contribution is -0.144. The van der Waals surface area contributed by atoms with Gasteiger partial charge in [-0.25, -0.2) is 4.79 Å². The molecule has 3 unspecified atom stereocenters. The third kappa shape index (κ3) is 9.44. The summed E-state index contributed by atoms with van der Waals surface area (Å²) in [5.74, 6) is -4.13. The number of aliphatic hydroxyl groups is 1. The van der Waals surface area contributed by atoms with Gasteiger partial charge in [0, 0.05) is 19.5 Å². The molecule has 4 rings (SSSR count). The van der Waals surface area contributed by atoms with Crippen LogP contribution in [-0.4, -0.2) is 94.3 Å². The number of ether oxygens (including phenoxy) is 1. The summed E-state index contributed by atoms with van der Waals surface area (Å²) in [5.41, 5.74) is 2.98. The van der Waals surface area contributed by atoms with E-state index >= 15 is 0 Å². The van der Waals surface area contributed by atoms with Crippen molar-refractivity contribution in [2.75, 3.05) is 19.7 Å². The third-order valence-corrected chi connectivity index (χ3v) is 8.98. The van der Waals surface area contributed by atoms with E-state index in [9.17, 15) is 33.9 Å². The number of carbonyl (C=O) groups excluding carboxylic acids is 6. The number of hydrogen-bond donors (Lipinski definition) is 4. The minimum atomic E-state index is -1.17. The first kappa shape index (κ1) is 37.0. The molecule has 2 aliphatic rings. The molecule has 264 valence electrons. The fraction of sp³-hybridized carbons (Fsp3) is 0.500. The number of nitrogens with one attached hydrogen (secondary N) is 3. The minimum absolute atomic E-state index is 0.0588. The Balaban J connectivity index is 1.51. The molecule has 0 radical (unpaired) electrons. The Morgan fingerprint density at radius 1 is 0.918 bits per heavy atom. The SMILES string of the molecule is CCCC(NC(=O)C1CC(OC(=O)N2CCc3ccccc3C2)CN1C(=O)[C@@H](NC(=O)CO)C(C)C)C(=O)C(=O)N[C@@H](C)c1ccccc1. The lowest BCUT2D eigenvalue weighted by atomic mass is 10.0. The summed E-state index contributed by atoms with van der Waals surface area (Å²) in [5, 5.41) is 17.2. The van der Waals surface area contributed by atoms with E-state index in [1.54, 1.807) is 25.7 Å². The molecule has 0 spiro atoms. The van der Waals surface area contributed by atoms with Crippen LogP contribution in [-0.2, 0) is 41.7 Å². The number of nitrogens with zero attached hydrogens (tertiary/aromatic N) is 2. The van der Waals surface area contributed by atoms with E-state index in [1.807, 2.05) is 61.5 Å². The number of hydrogen-bond acceptors (Lipinski definition) is 8. The Kier molecular flexibility index (Phi) is 12.9. The standard InChI is InChI=1S/C36H47N5O8/c1-5-11-28(32(44)34(46)37-23(4)24-12-7-6-8-13-24)38-33(45)29-18-27(20-41(29)35(47)31(22(2)3)39-30(43)21-42)49-36(48)40-17-16-25-14-9-10-15-26(25)19-40/h6-10,12-15,22-23,27-29,31,42H,5,11,16-21H2,1-4H3,(H,37,46)(H,38,45)(H,39,43)/t23-,27?,28?,29?,31-/m0/s1. The monoisotopic (exact) mass is 677 g/mol. The quantitative estimate of drug-likeness (QED) is 0.233. The molecule has 49 heavy (non-hydrogen) atoms. The van der Waals surface area contributed by atoms with Crippen LogP contribution in [0.1, 0.15) is 69.7 Å². The van der Waals surface area contributed by atoms with E-state index < -0.39 is 78.3 Å². The fourth-order valence-corrected chi connectivity index (χ4v) is 6.23. The van der Waals surface area contributed by atoms with E-state index in [4.69, 9.17) is 4.74 Å². The molecule has 0 bridgehead atoms. The second-order valence-electron chi connectivity index (χ2n) is 13.0. The summed E-state index contributed by atoms with van der Waals surface area (Å²) in [6.45, 7) is 6.84. The summed E-state index contributed by atoms with van der Waals surface area (Å²) >= 11 is 0. The normalized spacial score (nSPS) is 18.9. The van der Waals surface area contributed by atoms with Crippen LogP contribution in [0.15, 0.2) is 54.6 Å². The van der Waals surface area contributed by atoms with E-state index in [1.165, 1.54) is 4.90 Å². The van der Waals surface area contributed by atoms with Crippen molar-refractivity contribution in [3.05, 3.63) is 71.3 Å². The zero-order valence-corrected chi connectivity index (χ0v) is 28.5. The van der Waals surface area contributed by atoms with Crippen molar-refractivity contribution in [3.63, 3.8) is 0 Å². The van der Waals surface area contributed by atoms with Crippen molar-refractivity contribution < 1.29 is 38.6 Å². The summed E-state index contributed by atoms with van der Waals surface area (Å²) in [4.78, 5) is 82.3. The zero-order chi connectivity index (χ0) is 35.7. The Hall–Kier alpha value is -4.78.